The Morgan fingerprint density at radius 3 is 2.80 bits per heavy atom. The van der Waals surface area contributed by atoms with E-state index in [1.807, 2.05) is 0 Å². The van der Waals surface area contributed by atoms with Gasteiger partial charge in [0.1, 0.15) is 0 Å². The Hall–Kier alpha value is -1.48. The molecule has 1 aromatic carbocycles. The molecule has 2 saturated heterocycles. The van der Waals surface area contributed by atoms with E-state index in [9.17, 15) is 18.3 Å². The van der Waals surface area contributed by atoms with Crippen LogP contribution in [0.2, 0.25) is 0 Å². The summed E-state index contributed by atoms with van der Waals surface area (Å²) in [6.45, 7) is 3.42. The van der Waals surface area contributed by atoms with E-state index in [2.05, 4.69) is 5.32 Å². The Morgan fingerprint density at radius 2 is 2.00 bits per heavy atom. The summed E-state index contributed by atoms with van der Waals surface area (Å²) >= 11 is 0. The van der Waals surface area contributed by atoms with Crippen LogP contribution in [0.4, 0.5) is 0 Å². The summed E-state index contributed by atoms with van der Waals surface area (Å²) in [4.78, 5) is 14.6. The number of hydrogen-bond acceptors (Lipinski definition) is 5. The molecule has 138 valence electrons. The molecule has 0 saturated carbocycles. The monoisotopic (exact) mass is 367 g/mol. The van der Waals surface area contributed by atoms with Gasteiger partial charge in [-0.15, -0.1) is 0 Å². The molecular weight excluding hydrogens is 342 g/mol. The lowest BCUT2D eigenvalue weighted by Gasteiger charge is -2.29. The van der Waals surface area contributed by atoms with Crippen molar-refractivity contribution in [1.29, 1.82) is 0 Å². The molecule has 1 aromatic rings. The summed E-state index contributed by atoms with van der Waals surface area (Å²) in [5, 5.41) is 13.0. The first-order valence-electron chi connectivity index (χ1n) is 8.77. The van der Waals surface area contributed by atoms with Gasteiger partial charge in [-0.2, -0.15) is 4.31 Å². The van der Waals surface area contributed by atoms with E-state index < -0.39 is 16.1 Å². The van der Waals surface area contributed by atoms with E-state index >= 15 is 0 Å². The number of aliphatic hydroxyl groups is 1. The lowest BCUT2D eigenvalue weighted by Crippen LogP contribution is -2.42. The fourth-order valence-electron chi connectivity index (χ4n) is 3.31. The first-order chi connectivity index (χ1) is 12.0. The summed E-state index contributed by atoms with van der Waals surface area (Å²) in [7, 11) is -3.70. The van der Waals surface area contributed by atoms with Gasteiger partial charge in [-0.25, -0.2) is 8.42 Å². The predicted molar refractivity (Wildman–Crippen MR) is 93.8 cm³/mol. The number of carbonyl (C=O) groups is 1. The summed E-state index contributed by atoms with van der Waals surface area (Å²) in [5.41, 5.74) is 0.389. The Kier molecular flexibility index (Phi) is 5.73. The van der Waals surface area contributed by atoms with Crippen LogP contribution in [-0.4, -0.2) is 74.0 Å². The van der Waals surface area contributed by atoms with Gasteiger partial charge >= 0.3 is 0 Å². The van der Waals surface area contributed by atoms with E-state index in [-0.39, 0.29) is 17.3 Å². The van der Waals surface area contributed by atoms with E-state index in [1.54, 1.807) is 17.0 Å². The zero-order valence-electron chi connectivity index (χ0n) is 14.2. The molecule has 0 aromatic heterocycles. The Balaban J connectivity index is 1.81. The van der Waals surface area contributed by atoms with E-state index in [1.165, 1.54) is 16.4 Å². The first-order valence-corrected chi connectivity index (χ1v) is 10.2. The second-order valence-corrected chi connectivity index (χ2v) is 8.52. The number of benzene rings is 1. The van der Waals surface area contributed by atoms with Crippen molar-refractivity contribution in [3.8, 4) is 0 Å². The molecule has 0 spiro atoms. The van der Waals surface area contributed by atoms with Crippen molar-refractivity contribution in [3.05, 3.63) is 29.8 Å². The lowest BCUT2D eigenvalue weighted by atomic mass is 10.1. The number of sulfonamides is 1. The smallest absolute Gasteiger partial charge is 0.253 e. The Morgan fingerprint density at radius 1 is 1.16 bits per heavy atom. The molecule has 1 atom stereocenters. The first kappa shape index (κ1) is 18.3. The molecule has 25 heavy (non-hydrogen) atoms. The van der Waals surface area contributed by atoms with E-state index in [4.69, 9.17) is 0 Å². The van der Waals surface area contributed by atoms with Crippen molar-refractivity contribution in [1.82, 2.24) is 14.5 Å². The summed E-state index contributed by atoms with van der Waals surface area (Å²) in [6, 6.07) is 6.23. The number of carbonyl (C=O) groups excluding carboxylic acids is 1. The molecule has 0 unspecified atom stereocenters. The minimum atomic E-state index is -3.70. The van der Waals surface area contributed by atoms with Crippen LogP contribution in [0.25, 0.3) is 0 Å². The number of amides is 1. The molecule has 0 aliphatic carbocycles. The van der Waals surface area contributed by atoms with Gasteiger partial charge in [-0.1, -0.05) is 6.07 Å². The third kappa shape index (κ3) is 4.20. The van der Waals surface area contributed by atoms with Gasteiger partial charge in [0.25, 0.3) is 5.91 Å². The second-order valence-electron chi connectivity index (χ2n) is 6.58. The summed E-state index contributed by atoms with van der Waals surface area (Å²) < 4.78 is 26.9. The maximum absolute atomic E-state index is 12.8. The Labute approximate surface area is 148 Å². The Bertz CT molecular complexity index is 714. The third-order valence-electron chi connectivity index (χ3n) is 4.71. The average molecular weight is 367 g/mol. The fourth-order valence-corrected chi connectivity index (χ4v) is 4.87. The molecule has 2 heterocycles. The fraction of sp³-hybridized carbons (Fsp3) is 0.588. The molecule has 3 rings (SSSR count). The normalized spacial score (nSPS) is 23.2. The standard InChI is InChI=1S/C17H25N3O4S/c21-15-5-2-10-20(13-15)25(23,24)16-6-1-4-14(12-16)17(22)19-9-3-7-18-8-11-19/h1,4,6,12,15,18,21H,2-3,5,7-11,13H2/t15-/m1/s1. The highest BCUT2D eigenvalue weighted by atomic mass is 32.2. The van der Waals surface area contributed by atoms with E-state index in [0.717, 1.165) is 19.5 Å². The number of rotatable bonds is 3. The molecule has 2 aliphatic heterocycles. The molecule has 7 nitrogen and oxygen atoms in total. The number of nitrogens with one attached hydrogen (secondary N) is 1. The minimum absolute atomic E-state index is 0.109. The average Bonchev–Trinajstić information content (AvgIpc) is 2.90. The predicted octanol–water partition coefficient (Wildman–Crippen LogP) is 0.268. The number of β-amino-alcohol motifs (C(OH)–C–C–N with tert-alkyl or cyclic N) is 1. The minimum Gasteiger partial charge on any atom is -0.392 e. The van der Waals surface area contributed by atoms with Crippen LogP contribution in [0.3, 0.4) is 0 Å². The van der Waals surface area contributed by atoms with Gasteiger partial charge in [0.15, 0.2) is 0 Å². The van der Waals surface area contributed by atoms with Crippen LogP contribution in [-0.2, 0) is 10.0 Å². The number of aliphatic hydroxyl groups excluding tert-OH is 1. The van der Waals surface area contributed by atoms with Gasteiger partial charge in [0.2, 0.25) is 10.0 Å². The van der Waals surface area contributed by atoms with Crippen LogP contribution < -0.4 is 5.32 Å². The van der Waals surface area contributed by atoms with Crippen LogP contribution in [0, 0.1) is 0 Å². The zero-order valence-corrected chi connectivity index (χ0v) is 15.0. The van der Waals surface area contributed by atoms with Gasteiger partial charge in [0, 0.05) is 38.3 Å². The highest BCUT2D eigenvalue weighted by Crippen LogP contribution is 2.22. The van der Waals surface area contributed by atoms with Crippen molar-refractivity contribution in [2.75, 3.05) is 39.3 Å². The van der Waals surface area contributed by atoms with E-state index in [0.29, 0.717) is 38.0 Å². The summed E-state index contributed by atoms with van der Waals surface area (Å²) in [6.07, 6.45) is 1.51. The van der Waals surface area contributed by atoms with Crippen molar-refractivity contribution in [2.45, 2.75) is 30.3 Å². The molecule has 2 fully saturated rings. The lowest BCUT2D eigenvalue weighted by molar-refractivity contribution is 0.0766. The van der Waals surface area contributed by atoms with Crippen molar-refractivity contribution < 1.29 is 18.3 Å². The van der Waals surface area contributed by atoms with Crippen molar-refractivity contribution in [3.63, 3.8) is 0 Å². The topological polar surface area (TPSA) is 90.0 Å². The zero-order chi connectivity index (χ0) is 17.9. The van der Waals surface area contributed by atoms with Gasteiger partial charge in [-0.05, 0) is 44.0 Å². The highest BCUT2D eigenvalue weighted by Gasteiger charge is 2.30. The molecule has 2 N–H and O–H groups in total. The van der Waals surface area contributed by atoms with Crippen LogP contribution >= 0.6 is 0 Å². The third-order valence-corrected chi connectivity index (χ3v) is 6.57. The SMILES string of the molecule is O=C(c1cccc(S(=O)(=O)N2CCC[C@@H](O)C2)c1)N1CCCNCC1. The summed E-state index contributed by atoms with van der Waals surface area (Å²) in [5.74, 6) is -0.139. The molecule has 8 heteroatoms. The van der Waals surface area contributed by atoms with Gasteiger partial charge < -0.3 is 15.3 Å². The number of hydrogen-bond donors (Lipinski definition) is 2. The van der Waals surface area contributed by atoms with Gasteiger partial charge in [-0.3, -0.25) is 4.79 Å². The molecule has 0 radical (unpaired) electrons. The van der Waals surface area contributed by atoms with Crippen LogP contribution in [0.1, 0.15) is 29.6 Å². The molecule has 1 amide bonds. The van der Waals surface area contributed by atoms with Gasteiger partial charge in [0.05, 0.1) is 11.0 Å². The van der Waals surface area contributed by atoms with Crippen LogP contribution in [0.5, 0.6) is 0 Å². The molecule has 0 bridgehead atoms. The maximum atomic E-state index is 12.8. The molecule has 2 aliphatic rings. The van der Waals surface area contributed by atoms with Crippen molar-refractivity contribution >= 4 is 15.9 Å². The number of piperidine rings is 1. The van der Waals surface area contributed by atoms with Crippen molar-refractivity contribution in [2.24, 2.45) is 0 Å². The number of nitrogens with zero attached hydrogens (tertiary/aromatic N) is 2. The maximum Gasteiger partial charge on any atom is 0.253 e. The quantitative estimate of drug-likeness (QED) is 0.800. The largest absolute Gasteiger partial charge is 0.392 e. The van der Waals surface area contributed by atoms with Crippen LogP contribution in [0.15, 0.2) is 29.2 Å². The highest BCUT2D eigenvalue weighted by molar-refractivity contribution is 7.89. The second kappa shape index (κ2) is 7.82. The molecular formula is C17H25N3O4S.